The molecule has 1 atom stereocenters. The van der Waals surface area contributed by atoms with Crippen LogP contribution >= 0.6 is 0 Å². The van der Waals surface area contributed by atoms with E-state index in [0.717, 1.165) is 22.3 Å². The van der Waals surface area contributed by atoms with Crippen molar-refractivity contribution in [1.82, 2.24) is 10.6 Å². The van der Waals surface area contributed by atoms with Crippen LogP contribution in [-0.2, 0) is 14.3 Å². The second-order valence-electron chi connectivity index (χ2n) is 8.82. The number of alkyl carbamates (subject to hydrolysis) is 1. The van der Waals surface area contributed by atoms with E-state index in [9.17, 15) is 19.5 Å². The lowest BCUT2D eigenvalue weighted by Gasteiger charge is -2.31. The topological polar surface area (TPSA) is 105 Å². The van der Waals surface area contributed by atoms with E-state index in [1.807, 2.05) is 45.0 Å². The highest BCUT2D eigenvalue weighted by Crippen LogP contribution is 2.44. The van der Waals surface area contributed by atoms with Crippen LogP contribution in [0.15, 0.2) is 48.5 Å². The Morgan fingerprint density at radius 2 is 1.53 bits per heavy atom. The minimum Gasteiger partial charge on any atom is -0.480 e. The van der Waals surface area contributed by atoms with Gasteiger partial charge in [0.1, 0.15) is 12.6 Å². The lowest BCUT2D eigenvalue weighted by molar-refractivity contribution is -0.144. The number of fused-ring (bicyclic) bond motifs is 3. The Labute approximate surface area is 200 Å². The number of carbonyl (C=O) groups excluding carboxylic acids is 2. The van der Waals surface area contributed by atoms with E-state index < -0.39 is 23.5 Å². The monoisotopic (exact) mass is 466 g/mol. The van der Waals surface area contributed by atoms with Gasteiger partial charge in [-0.2, -0.15) is 0 Å². The summed E-state index contributed by atoms with van der Waals surface area (Å²) in [5.41, 5.74) is 3.65. The maximum atomic E-state index is 13.0. The van der Waals surface area contributed by atoms with Crippen molar-refractivity contribution in [2.24, 2.45) is 5.41 Å². The molecule has 0 aromatic heterocycles. The van der Waals surface area contributed by atoms with Gasteiger partial charge in [-0.05, 0) is 41.5 Å². The molecular weight excluding hydrogens is 432 g/mol. The lowest BCUT2D eigenvalue weighted by Crippen LogP contribution is -2.52. The van der Waals surface area contributed by atoms with Gasteiger partial charge in [0.25, 0.3) is 0 Å². The summed E-state index contributed by atoms with van der Waals surface area (Å²) < 4.78 is 5.59. The lowest BCUT2D eigenvalue weighted by atomic mass is 9.81. The second-order valence-corrected chi connectivity index (χ2v) is 8.82. The third-order valence-electron chi connectivity index (χ3n) is 6.93. The highest BCUT2D eigenvalue weighted by molar-refractivity contribution is 5.88. The van der Waals surface area contributed by atoms with Crippen molar-refractivity contribution >= 4 is 18.0 Å². The van der Waals surface area contributed by atoms with Gasteiger partial charge in [-0.25, -0.2) is 9.59 Å². The van der Waals surface area contributed by atoms with Crippen LogP contribution in [0.2, 0.25) is 0 Å². The van der Waals surface area contributed by atoms with Crippen molar-refractivity contribution in [2.75, 3.05) is 13.2 Å². The van der Waals surface area contributed by atoms with Gasteiger partial charge in [-0.15, -0.1) is 0 Å². The number of amides is 2. The number of benzene rings is 2. The van der Waals surface area contributed by atoms with E-state index >= 15 is 0 Å². The summed E-state index contributed by atoms with van der Waals surface area (Å²) in [5.74, 6) is -1.47. The molecule has 0 saturated heterocycles. The molecular formula is C27H34N2O5. The Morgan fingerprint density at radius 1 is 0.971 bits per heavy atom. The van der Waals surface area contributed by atoms with Gasteiger partial charge in [0.15, 0.2) is 0 Å². The number of hydrogen-bond acceptors (Lipinski definition) is 4. The van der Waals surface area contributed by atoms with Gasteiger partial charge in [-0.1, -0.05) is 75.7 Å². The normalized spacial score (nSPS) is 13.5. The van der Waals surface area contributed by atoms with Crippen LogP contribution in [0.3, 0.4) is 0 Å². The highest BCUT2D eigenvalue weighted by Gasteiger charge is 2.37. The van der Waals surface area contributed by atoms with Crippen molar-refractivity contribution in [3.05, 3.63) is 59.7 Å². The van der Waals surface area contributed by atoms with Crippen LogP contribution in [0.4, 0.5) is 4.79 Å². The molecule has 34 heavy (non-hydrogen) atoms. The summed E-state index contributed by atoms with van der Waals surface area (Å²) in [6.07, 6.45) is 1.31. The van der Waals surface area contributed by atoms with E-state index in [1.165, 1.54) is 0 Å². The van der Waals surface area contributed by atoms with E-state index in [0.29, 0.717) is 25.7 Å². The summed E-state index contributed by atoms with van der Waals surface area (Å²) in [6, 6.07) is 15.3. The van der Waals surface area contributed by atoms with Gasteiger partial charge >= 0.3 is 12.1 Å². The first-order valence-electron chi connectivity index (χ1n) is 12.0. The Hall–Kier alpha value is -3.35. The first kappa shape index (κ1) is 25.3. The summed E-state index contributed by atoms with van der Waals surface area (Å²) >= 11 is 0. The Kier molecular flexibility index (Phi) is 8.31. The Morgan fingerprint density at radius 3 is 2.03 bits per heavy atom. The molecule has 0 bridgehead atoms. The van der Waals surface area contributed by atoms with Crippen molar-refractivity contribution in [1.29, 1.82) is 0 Å². The van der Waals surface area contributed by atoms with E-state index in [1.54, 1.807) is 0 Å². The highest BCUT2D eigenvalue weighted by atomic mass is 16.5. The largest absolute Gasteiger partial charge is 0.480 e. The summed E-state index contributed by atoms with van der Waals surface area (Å²) in [7, 11) is 0. The molecule has 7 heteroatoms. The number of carbonyl (C=O) groups is 3. The molecule has 0 spiro atoms. The minimum absolute atomic E-state index is 0.0473. The Balaban J connectivity index is 1.63. The third kappa shape index (κ3) is 5.24. The number of carboxylic acid groups (broad SMARTS) is 1. The molecule has 3 rings (SSSR count). The van der Waals surface area contributed by atoms with E-state index in [2.05, 4.69) is 34.9 Å². The molecule has 3 N–H and O–H groups in total. The molecule has 2 aromatic carbocycles. The molecule has 2 aromatic rings. The van der Waals surface area contributed by atoms with Crippen LogP contribution < -0.4 is 10.6 Å². The SMILES string of the molecule is CCC[C@@H](NC(=O)C(CC)(CC)CNC(=O)OCC1c2ccccc2-c2ccccc21)C(=O)O. The minimum atomic E-state index is -1.05. The standard InChI is InChI=1S/C27H34N2O5/c1-4-11-23(24(30)31)29-25(32)27(5-2,6-3)17-28-26(33)34-16-22-20-14-9-7-12-18(20)19-13-8-10-15-21(19)22/h7-10,12-15,22-23H,4-6,11,16-17H2,1-3H3,(H,28,33)(H,29,32)(H,30,31)/t23-/m1/s1. The number of rotatable bonds is 11. The van der Waals surface area contributed by atoms with Crippen molar-refractivity contribution in [3.8, 4) is 11.1 Å². The van der Waals surface area contributed by atoms with Crippen LogP contribution in [0, 0.1) is 5.41 Å². The molecule has 0 saturated carbocycles. The number of hydrogen-bond donors (Lipinski definition) is 3. The zero-order chi connectivity index (χ0) is 24.7. The summed E-state index contributed by atoms with van der Waals surface area (Å²) in [5, 5.41) is 14.8. The van der Waals surface area contributed by atoms with Crippen LogP contribution in [0.5, 0.6) is 0 Å². The van der Waals surface area contributed by atoms with Gasteiger partial charge in [0, 0.05) is 12.5 Å². The molecule has 1 aliphatic carbocycles. The fourth-order valence-corrected chi connectivity index (χ4v) is 4.65. The van der Waals surface area contributed by atoms with Gasteiger partial charge in [-0.3, -0.25) is 4.79 Å². The summed E-state index contributed by atoms with van der Waals surface area (Å²) in [6.45, 7) is 5.85. The molecule has 7 nitrogen and oxygen atoms in total. The predicted molar refractivity (Wildman–Crippen MR) is 131 cm³/mol. The molecule has 0 unspecified atom stereocenters. The van der Waals surface area contributed by atoms with Crippen LogP contribution in [0.25, 0.3) is 11.1 Å². The van der Waals surface area contributed by atoms with Crippen LogP contribution in [0.1, 0.15) is 63.5 Å². The maximum absolute atomic E-state index is 13.0. The molecule has 2 amide bonds. The molecule has 1 aliphatic rings. The van der Waals surface area contributed by atoms with Gasteiger partial charge in [0.05, 0.1) is 5.41 Å². The number of nitrogens with one attached hydrogen (secondary N) is 2. The first-order chi connectivity index (χ1) is 16.4. The zero-order valence-electron chi connectivity index (χ0n) is 20.1. The molecule has 0 heterocycles. The quantitative estimate of drug-likeness (QED) is 0.445. The fourth-order valence-electron chi connectivity index (χ4n) is 4.65. The third-order valence-corrected chi connectivity index (χ3v) is 6.93. The molecule has 0 aliphatic heterocycles. The van der Waals surface area contributed by atoms with Gasteiger partial charge in [0.2, 0.25) is 5.91 Å². The van der Waals surface area contributed by atoms with Crippen LogP contribution in [-0.4, -0.2) is 42.3 Å². The summed E-state index contributed by atoms with van der Waals surface area (Å²) in [4.78, 5) is 37.1. The second kappa shape index (κ2) is 11.2. The van der Waals surface area contributed by atoms with Crippen molar-refractivity contribution in [3.63, 3.8) is 0 Å². The Bertz CT molecular complexity index is 986. The number of carboxylic acids is 1. The molecule has 0 radical (unpaired) electrons. The maximum Gasteiger partial charge on any atom is 0.407 e. The number of aliphatic carboxylic acids is 1. The predicted octanol–water partition coefficient (Wildman–Crippen LogP) is 4.70. The average Bonchev–Trinajstić information content (AvgIpc) is 3.17. The van der Waals surface area contributed by atoms with Crippen molar-refractivity contribution < 1.29 is 24.2 Å². The first-order valence-corrected chi connectivity index (χ1v) is 12.0. The molecule has 182 valence electrons. The number of ether oxygens (including phenoxy) is 1. The smallest absolute Gasteiger partial charge is 0.407 e. The fraction of sp³-hybridized carbons (Fsp3) is 0.444. The van der Waals surface area contributed by atoms with E-state index in [4.69, 9.17) is 4.74 Å². The van der Waals surface area contributed by atoms with Crippen molar-refractivity contribution in [2.45, 2.75) is 58.4 Å². The van der Waals surface area contributed by atoms with Gasteiger partial charge < -0.3 is 20.5 Å². The van der Waals surface area contributed by atoms with E-state index in [-0.39, 0.29) is 25.0 Å². The zero-order valence-corrected chi connectivity index (χ0v) is 20.1. The average molecular weight is 467 g/mol. The molecule has 0 fully saturated rings.